The monoisotopic (exact) mass is 298 g/mol. The van der Waals surface area contributed by atoms with Crippen LogP contribution < -0.4 is 5.56 Å². The van der Waals surface area contributed by atoms with Crippen LogP contribution in [0.2, 0.25) is 5.02 Å². The van der Waals surface area contributed by atoms with Crippen molar-refractivity contribution in [1.82, 2.24) is 9.71 Å². The van der Waals surface area contributed by atoms with Crippen molar-refractivity contribution >= 4 is 11.6 Å². The number of hydrogen-bond acceptors (Lipinski definition) is 3. The maximum atomic E-state index is 12.0. The molecule has 3 rings (SSSR count). The first-order valence-corrected chi connectivity index (χ1v) is 6.67. The molecule has 2 aromatic carbocycles. The molecule has 0 radical (unpaired) electrons. The van der Waals surface area contributed by atoms with Crippen LogP contribution in [0.1, 0.15) is 0 Å². The van der Waals surface area contributed by atoms with Gasteiger partial charge in [0.15, 0.2) is 0 Å². The Bertz CT molecular complexity index is 827. The number of nitrogens with zero attached hydrogens (tertiary/aromatic N) is 2. The van der Waals surface area contributed by atoms with Crippen LogP contribution in [0.4, 0.5) is 0 Å². The van der Waals surface area contributed by atoms with Gasteiger partial charge in [-0.3, -0.25) is 4.79 Å². The summed E-state index contributed by atoms with van der Waals surface area (Å²) in [7, 11) is 0. The second-order valence-corrected chi connectivity index (χ2v) is 4.93. The Balaban J connectivity index is 2.19. The lowest BCUT2D eigenvalue weighted by molar-refractivity contribution is 0.175. The molecular weight excluding hydrogens is 288 g/mol. The third-order valence-corrected chi connectivity index (χ3v) is 3.33. The van der Waals surface area contributed by atoms with Gasteiger partial charge in [-0.15, -0.1) is 0 Å². The molecule has 0 spiro atoms. The van der Waals surface area contributed by atoms with Gasteiger partial charge in [-0.2, -0.15) is 4.73 Å². The molecule has 1 heterocycles. The molecule has 0 saturated carbocycles. The molecule has 5 heteroatoms. The number of benzene rings is 2. The van der Waals surface area contributed by atoms with Crippen molar-refractivity contribution < 1.29 is 5.21 Å². The van der Waals surface area contributed by atoms with Crippen molar-refractivity contribution in [3.8, 4) is 22.5 Å². The molecule has 0 fully saturated rings. The topological polar surface area (TPSA) is 55.1 Å². The first-order chi connectivity index (χ1) is 10.1. The number of rotatable bonds is 2. The molecule has 0 saturated heterocycles. The Morgan fingerprint density at radius 2 is 1.62 bits per heavy atom. The lowest BCUT2D eigenvalue weighted by atomic mass is 10.1. The Kier molecular flexibility index (Phi) is 3.46. The minimum absolute atomic E-state index is 0.200. The second kappa shape index (κ2) is 5.42. The van der Waals surface area contributed by atoms with Gasteiger partial charge in [0.2, 0.25) is 0 Å². The van der Waals surface area contributed by atoms with E-state index in [0.717, 1.165) is 5.56 Å². The minimum Gasteiger partial charge on any atom is -0.425 e. The van der Waals surface area contributed by atoms with Crippen molar-refractivity contribution in [3.63, 3.8) is 0 Å². The third-order valence-electron chi connectivity index (χ3n) is 3.07. The highest BCUT2D eigenvalue weighted by molar-refractivity contribution is 6.30. The SMILES string of the molecule is O=c1c(-c2ccccc2)nc(-c2ccc(Cl)cc2)cn1O. The fourth-order valence-electron chi connectivity index (χ4n) is 2.02. The van der Waals surface area contributed by atoms with Gasteiger partial charge in [-0.25, -0.2) is 4.98 Å². The molecule has 0 unspecified atom stereocenters. The van der Waals surface area contributed by atoms with E-state index in [1.807, 2.05) is 18.2 Å². The fourth-order valence-corrected chi connectivity index (χ4v) is 2.15. The smallest absolute Gasteiger partial charge is 0.309 e. The van der Waals surface area contributed by atoms with Crippen molar-refractivity contribution in [3.05, 3.63) is 76.2 Å². The van der Waals surface area contributed by atoms with Crippen LogP contribution in [0.3, 0.4) is 0 Å². The quantitative estimate of drug-likeness (QED) is 0.737. The zero-order chi connectivity index (χ0) is 14.8. The van der Waals surface area contributed by atoms with Gasteiger partial charge in [0.1, 0.15) is 5.69 Å². The van der Waals surface area contributed by atoms with Crippen LogP contribution in [0, 0.1) is 0 Å². The molecule has 1 N–H and O–H groups in total. The molecule has 21 heavy (non-hydrogen) atoms. The predicted molar refractivity (Wildman–Crippen MR) is 81.6 cm³/mol. The average Bonchev–Trinajstić information content (AvgIpc) is 2.51. The summed E-state index contributed by atoms with van der Waals surface area (Å²) in [6, 6.07) is 16.0. The van der Waals surface area contributed by atoms with E-state index in [9.17, 15) is 10.0 Å². The molecule has 0 aliphatic heterocycles. The molecule has 1 aromatic heterocycles. The molecule has 0 aliphatic rings. The average molecular weight is 299 g/mol. The maximum absolute atomic E-state index is 12.0. The summed E-state index contributed by atoms with van der Waals surface area (Å²) < 4.78 is 0.555. The van der Waals surface area contributed by atoms with Crippen LogP contribution >= 0.6 is 11.6 Å². The van der Waals surface area contributed by atoms with E-state index < -0.39 is 5.56 Å². The molecule has 3 aromatic rings. The molecule has 0 atom stereocenters. The summed E-state index contributed by atoms with van der Waals surface area (Å²) in [5.74, 6) is 0. The lowest BCUT2D eigenvalue weighted by Crippen LogP contribution is -2.21. The van der Waals surface area contributed by atoms with E-state index in [0.29, 0.717) is 21.0 Å². The van der Waals surface area contributed by atoms with E-state index >= 15 is 0 Å². The summed E-state index contributed by atoms with van der Waals surface area (Å²) in [5, 5.41) is 10.4. The van der Waals surface area contributed by atoms with Gasteiger partial charge >= 0.3 is 5.56 Å². The Morgan fingerprint density at radius 3 is 2.29 bits per heavy atom. The first-order valence-electron chi connectivity index (χ1n) is 6.29. The van der Waals surface area contributed by atoms with Crippen molar-refractivity contribution in [2.24, 2.45) is 0 Å². The molecule has 0 amide bonds. The zero-order valence-electron chi connectivity index (χ0n) is 10.9. The highest BCUT2D eigenvalue weighted by Gasteiger charge is 2.11. The molecule has 104 valence electrons. The standard InChI is InChI=1S/C16H11ClN2O2/c17-13-8-6-11(7-9-13)14-10-19(21)16(20)15(18-14)12-4-2-1-3-5-12/h1-10,21H. The minimum atomic E-state index is -0.557. The van der Waals surface area contributed by atoms with E-state index in [4.69, 9.17) is 11.6 Å². The summed E-state index contributed by atoms with van der Waals surface area (Å²) in [5.41, 5.74) is 1.55. The van der Waals surface area contributed by atoms with Crippen molar-refractivity contribution in [1.29, 1.82) is 0 Å². The van der Waals surface area contributed by atoms with Gasteiger partial charge in [0.25, 0.3) is 0 Å². The molecule has 0 aliphatic carbocycles. The summed E-state index contributed by atoms with van der Waals surface area (Å²) >= 11 is 5.86. The van der Waals surface area contributed by atoms with Crippen LogP contribution in [-0.2, 0) is 0 Å². The predicted octanol–water partition coefficient (Wildman–Crippen LogP) is 3.47. The van der Waals surface area contributed by atoms with Crippen LogP contribution in [0.25, 0.3) is 22.5 Å². The number of halogens is 1. The van der Waals surface area contributed by atoms with E-state index in [1.54, 1.807) is 36.4 Å². The van der Waals surface area contributed by atoms with Crippen LogP contribution in [-0.4, -0.2) is 14.9 Å². The zero-order valence-corrected chi connectivity index (χ0v) is 11.7. The first kappa shape index (κ1) is 13.4. The highest BCUT2D eigenvalue weighted by Crippen LogP contribution is 2.21. The molecule has 4 nitrogen and oxygen atoms in total. The van der Waals surface area contributed by atoms with Crippen molar-refractivity contribution in [2.75, 3.05) is 0 Å². The largest absolute Gasteiger partial charge is 0.425 e. The summed E-state index contributed by atoms with van der Waals surface area (Å²) in [4.78, 5) is 16.4. The van der Waals surface area contributed by atoms with Gasteiger partial charge in [0, 0.05) is 16.1 Å². The van der Waals surface area contributed by atoms with Crippen molar-refractivity contribution in [2.45, 2.75) is 0 Å². The van der Waals surface area contributed by atoms with Gasteiger partial charge in [0.05, 0.1) is 11.9 Å². The fraction of sp³-hybridized carbons (Fsp3) is 0. The summed E-state index contributed by atoms with van der Waals surface area (Å²) in [6.45, 7) is 0. The van der Waals surface area contributed by atoms with Crippen LogP contribution in [0.5, 0.6) is 0 Å². The lowest BCUT2D eigenvalue weighted by Gasteiger charge is -2.07. The number of hydrogen-bond donors (Lipinski definition) is 1. The molecule has 0 bridgehead atoms. The second-order valence-electron chi connectivity index (χ2n) is 4.50. The van der Waals surface area contributed by atoms with Crippen LogP contribution in [0.15, 0.2) is 65.6 Å². The highest BCUT2D eigenvalue weighted by atomic mass is 35.5. The van der Waals surface area contributed by atoms with Gasteiger partial charge < -0.3 is 5.21 Å². The molecular formula is C16H11ClN2O2. The Morgan fingerprint density at radius 1 is 0.952 bits per heavy atom. The third kappa shape index (κ3) is 2.66. The Hall–Kier alpha value is -2.59. The van der Waals surface area contributed by atoms with E-state index in [1.165, 1.54) is 6.20 Å². The normalized spacial score (nSPS) is 10.5. The van der Waals surface area contributed by atoms with Gasteiger partial charge in [-0.1, -0.05) is 54.1 Å². The van der Waals surface area contributed by atoms with E-state index in [-0.39, 0.29) is 5.69 Å². The Labute approximate surface area is 125 Å². The van der Waals surface area contributed by atoms with Gasteiger partial charge in [-0.05, 0) is 12.1 Å². The van der Waals surface area contributed by atoms with E-state index in [2.05, 4.69) is 4.98 Å². The number of aromatic nitrogens is 2. The maximum Gasteiger partial charge on any atom is 0.309 e. The summed E-state index contributed by atoms with van der Waals surface area (Å²) in [6.07, 6.45) is 1.29.